The number of anilines is 1. The molecule has 34 heavy (non-hydrogen) atoms. The van der Waals surface area contributed by atoms with E-state index < -0.39 is 29.0 Å². The van der Waals surface area contributed by atoms with Gasteiger partial charge in [0.2, 0.25) is 5.91 Å². The van der Waals surface area contributed by atoms with E-state index in [0.717, 1.165) is 0 Å². The number of aromatic nitrogens is 1. The molecule has 12 heteroatoms. The monoisotopic (exact) mass is 542 g/mol. The molecule has 3 aliphatic rings. The Morgan fingerprint density at radius 3 is 2.56 bits per heavy atom. The number of halogens is 3. The third kappa shape index (κ3) is 4.03. The maximum absolute atomic E-state index is 13.4. The van der Waals surface area contributed by atoms with Crippen molar-refractivity contribution >= 4 is 27.5 Å². The summed E-state index contributed by atoms with van der Waals surface area (Å²) in [4.78, 5) is 26.4. The van der Waals surface area contributed by atoms with Crippen molar-refractivity contribution in [2.45, 2.75) is 50.9 Å². The van der Waals surface area contributed by atoms with E-state index in [4.69, 9.17) is 14.2 Å². The molecule has 0 aliphatic carbocycles. The van der Waals surface area contributed by atoms with Gasteiger partial charge in [0.15, 0.2) is 17.3 Å². The normalized spacial score (nSPS) is 25.6. The second kappa shape index (κ2) is 7.65. The lowest BCUT2D eigenvalue weighted by atomic mass is 9.83. The summed E-state index contributed by atoms with van der Waals surface area (Å²) < 4.78 is 54.8. The number of hydrogen-bond acceptors (Lipinski definition) is 7. The first-order valence-electron chi connectivity index (χ1n) is 10.5. The van der Waals surface area contributed by atoms with Gasteiger partial charge in [-0.1, -0.05) is 0 Å². The van der Waals surface area contributed by atoms with Gasteiger partial charge < -0.3 is 33.6 Å². The third-order valence-electron chi connectivity index (χ3n) is 5.88. The molecule has 0 radical (unpaired) electrons. The predicted octanol–water partition coefficient (Wildman–Crippen LogP) is 3.37. The molecular formula is C22H21BrF2N2O7. The molecule has 1 amide bonds. The molecule has 5 rings (SSSR count). The van der Waals surface area contributed by atoms with Crippen LogP contribution in [0.25, 0.3) is 0 Å². The van der Waals surface area contributed by atoms with Crippen LogP contribution >= 0.6 is 15.9 Å². The van der Waals surface area contributed by atoms with Crippen molar-refractivity contribution in [1.82, 2.24) is 4.57 Å². The SMILES string of the molecule is CC1(C)OC[C@@H](Cn2cc(Br)cc(NC(=O)[C@@]3(C)COc4cc5c(cc43)OC(F)(F)O5)c2=O)O1. The second-order valence-electron chi connectivity index (χ2n) is 9.02. The lowest BCUT2D eigenvalue weighted by molar-refractivity contribution is -0.286. The highest BCUT2D eigenvalue weighted by molar-refractivity contribution is 9.10. The van der Waals surface area contributed by atoms with E-state index in [0.29, 0.717) is 16.6 Å². The van der Waals surface area contributed by atoms with Crippen LogP contribution in [-0.4, -0.2) is 41.9 Å². The summed E-state index contributed by atoms with van der Waals surface area (Å²) in [7, 11) is 0. The Labute approximate surface area is 201 Å². The molecule has 3 aliphatic heterocycles. The van der Waals surface area contributed by atoms with Crippen molar-refractivity contribution in [2.24, 2.45) is 0 Å². The summed E-state index contributed by atoms with van der Waals surface area (Å²) in [5.41, 5.74) is -1.31. The van der Waals surface area contributed by atoms with E-state index in [1.807, 2.05) is 0 Å². The number of nitrogens with zero attached hydrogens (tertiary/aromatic N) is 1. The van der Waals surface area contributed by atoms with Gasteiger partial charge in [0.25, 0.3) is 5.56 Å². The summed E-state index contributed by atoms with van der Waals surface area (Å²) in [5, 5.41) is 2.67. The summed E-state index contributed by atoms with van der Waals surface area (Å²) in [6.07, 6.45) is -2.52. The van der Waals surface area contributed by atoms with Crippen LogP contribution in [0.4, 0.5) is 14.5 Å². The van der Waals surface area contributed by atoms with Crippen molar-refractivity contribution in [1.29, 1.82) is 0 Å². The molecule has 1 aromatic carbocycles. The molecule has 1 aromatic heterocycles. The first-order chi connectivity index (χ1) is 15.9. The highest BCUT2D eigenvalue weighted by Gasteiger charge is 2.49. The summed E-state index contributed by atoms with van der Waals surface area (Å²) in [6.45, 7) is 5.67. The number of hydrogen-bond donors (Lipinski definition) is 1. The minimum Gasteiger partial charge on any atom is -0.492 e. The molecule has 1 saturated heterocycles. The molecule has 0 unspecified atom stereocenters. The second-order valence-corrected chi connectivity index (χ2v) is 9.93. The average molecular weight is 543 g/mol. The number of ether oxygens (including phenoxy) is 5. The van der Waals surface area contributed by atoms with Crippen molar-refractivity contribution in [3.05, 3.63) is 44.8 Å². The molecule has 2 aromatic rings. The third-order valence-corrected chi connectivity index (χ3v) is 6.32. The number of pyridine rings is 1. The van der Waals surface area contributed by atoms with Gasteiger partial charge in [-0.2, -0.15) is 0 Å². The predicted molar refractivity (Wildman–Crippen MR) is 117 cm³/mol. The van der Waals surface area contributed by atoms with E-state index in [1.165, 1.54) is 22.8 Å². The van der Waals surface area contributed by atoms with Gasteiger partial charge in [0.1, 0.15) is 29.6 Å². The molecular weight excluding hydrogens is 522 g/mol. The Morgan fingerprint density at radius 2 is 1.88 bits per heavy atom. The lowest BCUT2D eigenvalue weighted by Crippen LogP contribution is -2.41. The summed E-state index contributed by atoms with van der Waals surface area (Å²) in [6, 6.07) is 4.06. The number of carbonyl (C=O) groups is 1. The zero-order valence-corrected chi connectivity index (χ0v) is 20.0. The highest BCUT2D eigenvalue weighted by atomic mass is 79.9. The number of amides is 1. The molecule has 0 spiro atoms. The van der Waals surface area contributed by atoms with E-state index in [2.05, 4.69) is 30.7 Å². The van der Waals surface area contributed by atoms with Gasteiger partial charge in [0.05, 0.1) is 13.2 Å². The quantitative estimate of drug-likeness (QED) is 0.632. The van der Waals surface area contributed by atoms with E-state index in [1.54, 1.807) is 27.0 Å². The molecule has 2 atom stereocenters. The van der Waals surface area contributed by atoms with E-state index in [-0.39, 0.29) is 42.2 Å². The van der Waals surface area contributed by atoms with E-state index >= 15 is 0 Å². The van der Waals surface area contributed by atoms with Crippen molar-refractivity contribution in [2.75, 3.05) is 18.5 Å². The number of alkyl halides is 2. The Bertz CT molecular complexity index is 1250. The number of fused-ring (bicyclic) bond motifs is 2. The van der Waals surface area contributed by atoms with Crippen molar-refractivity contribution in [3.8, 4) is 17.2 Å². The zero-order valence-electron chi connectivity index (χ0n) is 18.4. The molecule has 0 bridgehead atoms. The van der Waals surface area contributed by atoms with Crippen LogP contribution in [0.15, 0.2) is 33.7 Å². The Morgan fingerprint density at radius 1 is 1.18 bits per heavy atom. The lowest BCUT2D eigenvalue weighted by Gasteiger charge is -2.22. The first-order valence-corrected chi connectivity index (χ1v) is 11.2. The Balaban J connectivity index is 1.40. The summed E-state index contributed by atoms with van der Waals surface area (Å²) in [5.74, 6) is -1.42. The van der Waals surface area contributed by atoms with Crippen LogP contribution in [0.2, 0.25) is 0 Å². The maximum Gasteiger partial charge on any atom is 0.586 e. The van der Waals surface area contributed by atoms with Crippen LogP contribution in [0, 0.1) is 0 Å². The minimum absolute atomic E-state index is 0.0412. The fourth-order valence-corrected chi connectivity index (χ4v) is 4.65. The number of nitrogens with one attached hydrogen (secondary N) is 1. The molecule has 1 N–H and O–H groups in total. The standard InChI is InChI=1S/C22H21BrF2N2O7/c1-20(2)31-9-12(32-20)8-27-7-11(23)4-14(18(27)28)26-19(29)21(3)10-30-15-6-17-16(5-13(15)21)33-22(24,25)34-17/h4-7,12H,8-10H2,1-3H3,(H,26,29)/t12-,21+/m1/s1. The molecule has 1 fully saturated rings. The average Bonchev–Trinajstić information content (AvgIpc) is 3.35. The van der Waals surface area contributed by atoms with Crippen LogP contribution < -0.4 is 25.1 Å². The van der Waals surface area contributed by atoms with Gasteiger partial charge in [-0.15, -0.1) is 8.78 Å². The fourth-order valence-electron chi connectivity index (χ4n) is 4.17. The van der Waals surface area contributed by atoms with Gasteiger partial charge >= 0.3 is 6.29 Å². The van der Waals surface area contributed by atoms with Gasteiger partial charge in [-0.05, 0) is 48.8 Å². The van der Waals surface area contributed by atoms with Crippen molar-refractivity contribution < 1.29 is 37.3 Å². The molecule has 4 heterocycles. The van der Waals surface area contributed by atoms with Crippen LogP contribution in [-0.2, 0) is 26.2 Å². The maximum atomic E-state index is 13.4. The van der Waals surface area contributed by atoms with E-state index in [9.17, 15) is 18.4 Å². The highest BCUT2D eigenvalue weighted by Crippen LogP contribution is 2.50. The topological polar surface area (TPSA) is 97.3 Å². The largest absolute Gasteiger partial charge is 0.586 e. The molecule has 0 saturated carbocycles. The Kier molecular flexibility index (Phi) is 5.19. The van der Waals surface area contributed by atoms with Gasteiger partial charge in [-0.25, -0.2) is 0 Å². The van der Waals surface area contributed by atoms with Gasteiger partial charge in [0, 0.05) is 22.3 Å². The fraction of sp³-hybridized carbons (Fsp3) is 0.455. The number of rotatable bonds is 4. The molecule has 182 valence electrons. The van der Waals surface area contributed by atoms with Crippen LogP contribution in [0.1, 0.15) is 26.3 Å². The number of benzene rings is 1. The zero-order chi connectivity index (χ0) is 24.5. The summed E-state index contributed by atoms with van der Waals surface area (Å²) >= 11 is 3.37. The molecule has 9 nitrogen and oxygen atoms in total. The first kappa shape index (κ1) is 23.1. The number of carbonyl (C=O) groups excluding carboxylic acids is 1. The minimum atomic E-state index is -3.79. The van der Waals surface area contributed by atoms with Crippen molar-refractivity contribution in [3.63, 3.8) is 0 Å². The Hall–Kier alpha value is -2.70. The van der Waals surface area contributed by atoms with Crippen LogP contribution in [0.3, 0.4) is 0 Å². The smallest absolute Gasteiger partial charge is 0.492 e. The van der Waals surface area contributed by atoms with Gasteiger partial charge in [-0.3, -0.25) is 9.59 Å². The van der Waals surface area contributed by atoms with Crippen LogP contribution in [0.5, 0.6) is 17.2 Å².